The number of methoxy groups -OCH3 is 1. The minimum Gasteiger partial charge on any atom is -0.853 e. The number of benzene rings is 1. The summed E-state index contributed by atoms with van der Waals surface area (Å²) in [5.41, 5.74) is 0.521. The van der Waals surface area contributed by atoms with Crippen molar-refractivity contribution in [2.45, 2.75) is 24.8 Å². The zero-order chi connectivity index (χ0) is 17.5. The monoisotopic (exact) mass is 343 g/mol. The molecule has 0 radical (unpaired) electrons. The molecule has 8 nitrogen and oxygen atoms in total. The van der Waals surface area contributed by atoms with Crippen molar-refractivity contribution in [3.63, 3.8) is 0 Å². The maximum absolute atomic E-state index is 12.0. The molecule has 0 unspecified atom stereocenters. The van der Waals surface area contributed by atoms with Gasteiger partial charge >= 0.3 is 5.97 Å². The molecule has 0 spiro atoms. The Morgan fingerprint density at radius 3 is 2.39 bits per heavy atom. The Morgan fingerprint density at radius 2 is 1.87 bits per heavy atom. The molecule has 0 saturated carbocycles. The van der Waals surface area contributed by atoms with Gasteiger partial charge in [-0.05, 0) is 12.5 Å². The van der Waals surface area contributed by atoms with Gasteiger partial charge in [0.2, 0.25) is 15.9 Å². The Balaban J connectivity index is 2.70. The van der Waals surface area contributed by atoms with Crippen LogP contribution in [0.2, 0.25) is 0 Å². The highest BCUT2D eigenvalue weighted by Crippen LogP contribution is 2.05. The number of hydrogen-bond acceptors (Lipinski definition) is 6. The lowest BCUT2D eigenvalue weighted by atomic mass is 10.2. The van der Waals surface area contributed by atoms with E-state index in [0.717, 1.165) is 7.11 Å². The van der Waals surface area contributed by atoms with Crippen LogP contribution in [0.5, 0.6) is 0 Å². The summed E-state index contributed by atoms with van der Waals surface area (Å²) < 4.78 is 30.5. The fraction of sp³-hybridized carbons (Fsp3) is 0.429. The molecule has 0 aliphatic carbocycles. The first-order valence-electron chi connectivity index (χ1n) is 6.79. The number of carbonyl (C=O) groups excluding carboxylic acids is 2. The second kappa shape index (κ2) is 8.61. The van der Waals surface area contributed by atoms with Crippen LogP contribution in [-0.4, -0.2) is 46.1 Å². The number of carbonyl (C=O) groups is 2. The van der Waals surface area contributed by atoms with E-state index in [1.54, 1.807) is 30.3 Å². The maximum Gasteiger partial charge on any atom is 0.328 e. The molecule has 23 heavy (non-hydrogen) atoms. The summed E-state index contributed by atoms with van der Waals surface area (Å²) >= 11 is 0. The SMILES string of the molecule is COC(=O)[C@H](C)NC(=O)[C@@H](C[O-])NS(=O)(=O)Cc1ccccc1. The molecule has 128 valence electrons. The highest BCUT2D eigenvalue weighted by molar-refractivity contribution is 7.88. The molecule has 2 N–H and O–H groups in total. The Hall–Kier alpha value is -1.97. The molecule has 0 bridgehead atoms. The van der Waals surface area contributed by atoms with Gasteiger partial charge in [0.25, 0.3) is 0 Å². The number of hydrogen-bond donors (Lipinski definition) is 2. The van der Waals surface area contributed by atoms with E-state index in [9.17, 15) is 23.1 Å². The van der Waals surface area contributed by atoms with Gasteiger partial charge in [0.05, 0.1) is 18.9 Å². The summed E-state index contributed by atoms with van der Waals surface area (Å²) in [5, 5.41) is 13.3. The second-order valence-electron chi connectivity index (χ2n) is 4.84. The first-order valence-corrected chi connectivity index (χ1v) is 8.44. The molecule has 2 atom stereocenters. The van der Waals surface area contributed by atoms with E-state index in [1.807, 2.05) is 4.72 Å². The molecule has 1 rings (SSSR count). The number of nitrogens with one attached hydrogen (secondary N) is 2. The van der Waals surface area contributed by atoms with E-state index < -0.39 is 40.6 Å². The van der Waals surface area contributed by atoms with Gasteiger partial charge in [-0.2, -0.15) is 0 Å². The number of ether oxygens (including phenoxy) is 1. The maximum atomic E-state index is 12.0. The third-order valence-electron chi connectivity index (χ3n) is 2.92. The number of rotatable bonds is 8. The molecule has 0 aromatic heterocycles. The summed E-state index contributed by atoms with van der Waals surface area (Å²) in [6, 6.07) is 5.85. The molecular weight excluding hydrogens is 324 g/mol. The predicted octanol–water partition coefficient (Wildman–Crippen LogP) is -1.49. The fourth-order valence-electron chi connectivity index (χ4n) is 1.76. The molecule has 0 aliphatic rings. The summed E-state index contributed by atoms with van der Waals surface area (Å²) in [6.45, 7) is 0.373. The minimum absolute atomic E-state index is 0.357. The average Bonchev–Trinajstić information content (AvgIpc) is 2.52. The zero-order valence-electron chi connectivity index (χ0n) is 12.8. The molecule has 0 fully saturated rings. The standard InChI is InChI=1S/C14H19N2O6S/c1-10(14(19)22-2)15-13(18)12(8-17)16-23(20,21)9-11-6-4-3-5-7-11/h3-7,10,12,16H,8-9H2,1-2H3,(H,15,18)/q-1/t10-,12+/m0/s1. The molecule has 1 amide bonds. The van der Waals surface area contributed by atoms with Gasteiger partial charge in [-0.1, -0.05) is 30.3 Å². The third-order valence-corrected chi connectivity index (χ3v) is 4.27. The van der Waals surface area contributed by atoms with E-state index >= 15 is 0 Å². The molecular formula is C14H19N2O6S-. The van der Waals surface area contributed by atoms with E-state index in [-0.39, 0.29) is 5.75 Å². The van der Waals surface area contributed by atoms with Crippen LogP contribution in [-0.2, 0) is 30.1 Å². The summed E-state index contributed by atoms with van der Waals surface area (Å²) in [7, 11) is -2.73. The van der Waals surface area contributed by atoms with Gasteiger partial charge in [-0.3, -0.25) is 4.79 Å². The van der Waals surface area contributed by atoms with Gasteiger partial charge in [0.1, 0.15) is 6.04 Å². The Kier molecular flexibility index (Phi) is 7.14. The van der Waals surface area contributed by atoms with Gasteiger partial charge in [0, 0.05) is 0 Å². The molecule has 0 aliphatic heterocycles. The summed E-state index contributed by atoms with van der Waals surface area (Å²) in [5.74, 6) is -1.94. The van der Waals surface area contributed by atoms with Crippen LogP contribution >= 0.6 is 0 Å². The van der Waals surface area contributed by atoms with Crippen molar-refractivity contribution in [1.82, 2.24) is 10.0 Å². The van der Waals surface area contributed by atoms with Crippen molar-refractivity contribution >= 4 is 21.9 Å². The lowest BCUT2D eigenvalue weighted by molar-refractivity contribution is -0.369. The van der Waals surface area contributed by atoms with E-state index in [4.69, 9.17) is 0 Å². The van der Waals surface area contributed by atoms with E-state index in [2.05, 4.69) is 10.1 Å². The first-order chi connectivity index (χ1) is 10.8. The van der Waals surface area contributed by atoms with Gasteiger partial charge in [-0.15, -0.1) is 6.61 Å². The summed E-state index contributed by atoms with van der Waals surface area (Å²) in [4.78, 5) is 23.1. The number of sulfonamides is 1. The van der Waals surface area contributed by atoms with Crippen LogP contribution in [0.4, 0.5) is 0 Å². The average molecular weight is 343 g/mol. The van der Waals surface area contributed by atoms with Gasteiger partial charge in [-0.25, -0.2) is 17.9 Å². The lowest BCUT2D eigenvalue weighted by Gasteiger charge is -2.22. The quantitative estimate of drug-likeness (QED) is 0.554. The highest BCUT2D eigenvalue weighted by atomic mass is 32.2. The van der Waals surface area contributed by atoms with Gasteiger partial charge < -0.3 is 15.2 Å². The molecule has 0 heterocycles. The Labute approximate surface area is 134 Å². The van der Waals surface area contributed by atoms with Crippen LogP contribution in [0, 0.1) is 0 Å². The molecule has 1 aromatic carbocycles. The van der Waals surface area contributed by atoms with Crippen LogP contribution in [0.25, 0.3) is 0 Å². The minimum atomic E-state index is -3.88. The van der Waals surface area contributed by atoms with Crippen molar-refractivity contribution in [1.29, 1.82) is 0 Å². The third kappa shape index (κ3) is 6.35. The number of esters is 1. The summed E-state index contributed by atoms with van der Waals surface area (Å²) in [6.07, 6.45) is 0. The highest BCUT2D eigenvalue weighted by Gasteiger charge is 2.24. The Bertz CT molecular complexity index is 632. The van der Waals surface area contributed by atoms with Crippen molar-refractivity contribution in [2.24, 2.45) is 0 Å². The van der Waals surface area contributed by atoms with Gasteiger partial charge in [0.15, 0.2) is 0 Å². The van der Waals surface area contributed by atoms with Crippen LogP contribution < -0.4 is 15.1 Å². The molecule has 9 heteroatoms. The molecule has 0 saturated heterocycles. The largest absolute Gasteiger partial charge is 0.853 e. The predicted molar refractivity (Wildman–Crippen MR) is 80.5 cm³/mol. The van der Waals surface area contributed by atoms with Crippen molar-refractivity contribution in [3.8, 4) is 0 Å². The Morgan fingerprint density at radius 1 is 1.26 bits per heavy atom. The first kappa shape index (κ1) is 19.1. The van der Waals surface area contributed by atoms with E-state index in [1.165, 1.54) is 6.92 Å². The van der Waals surface area contributed by atoms with Crippen LogP contribution in [0.15, 0.2) is 30.3 Å². The smallest absolute Gasteiger partial charge is 0.328 e. The normalized spacial score (nSPS) is 13.9. The zero-order valence-corrected chi connectivity index (χ0v) is 13.6. The lowest BCUT2D eigenvalue weighted by Crippen LogP contribution is -2.54. The van der Waals surface area contributed by atoms with Crippen LogP contribution in [0.3, 0.4) is 0 Å². The molecule has 1 aromatic rings. The van der Waals surface area contributed by atoms with Crippen molar-refractivity contribution in [3.05, 3.63) is 35.9 Å². The van der Waals surface area contributed by atoms with Crippen molar-refractivity contribution in [2.75, 3.05) is 13.7 Å². The second-order valence-corrected chi connectivity index (χ2v) is 6.59. The van der Waals surface area contributed by atoms with Crippen molar-refractivity contribution < 1.29 is 27.9 Å². The van der Waals surface area contributed by atoms with Crippen LogP contribution in [0.1, 0.15) is 12.5 Å². The topological polar surface area (TPSA) is 125 Å². The fourth-order valence-corrected chi connectivity index (χ4v) is 3.09. The number of amides is 1. The van der Waals surface area contributed by atoms with E-state index in [0.29, 0.717) is 5.56 Å².